The van der Waals surface area contributed by atoms with Crippen molar-refractivity contribution in [2.24, 2.45) is 0 Å². The van der Waals surface area contributed by atoms with E-state index >= 15 is 0 Å². The van der Waals surface area contributed by atoms with E-state index in [1.165, 1.54) is 0 Å². The summed E-state index contributed by atoms with van der Waals surface area (Å²) in [6.07, 6.45) is 1.99. The summed E-state index contributed by atoms with van der Waals surface area (Å²) in [4.78, 5) is 11.6. The number of piperidine rings is 1. The van der Waals surface area contributed by atoms with E-state index in [0.29, 0.717) is 6.04 Å². The van der Waals surface area contributed by atoms with Gasteiger partial charge in [0.15, 0.2) is 6.61 Å². The molecule has 4 heteroatoms. The normalized spacial score (nSPS) is 16.5. The average molecular weight is 234 g/mol. The number of benzene rings is 1. The van der Waals surface area contributed by atoms with Gasteiger partial charge in [-0.3, -0.25) is 4.79 Å². The molecule has 1 saturated heterocycles. The highest BCUT2D eigenvalue weighted by Crippen LogP contribution is 2.08. The van der Waals surface area contributed by atoms with Gasteiger partial charge in [-0.1, -0.05) is 18.2 Å². The number of hydrogen-bond acceptors (Lipinski definition) is 3. The standard InChI is InChI=1S/C13H18N2O2/c16-13(15-11-6-8-14-9-7-11)10-17-12-4-2-1-3-5-12/h1-5,11,14H,6-10H2,(H,15,16). The van der Waals surface area contributed by atoms with Crippen LogP contribution in [0, 0.1) is 0 Å². The summed E-state index contributed by atoms with van der Waals surface area (Å²) in [5.74, 6) is 0.689. The summed E-state index contributed by atoms with van der Waals surface area (Å²) < 4.78 is 5.38. The molecule has 1 aromatic rings. The summed E-state index contributed by atoms with van der Waals surface area (Å²) in [5, 5.41) is 6.25. The molecule has 0 bridgehead atoms. The van der Waals surface area contributed by atoms with E-state index in [4.69, 9.17) is 4.74 Å². The molecule has 2 N–H and O–H groups in total. The fraction of sp³-hybridized carbons (Fsp3) is 0.462. The van der Waals surface area contributed by atoms with Crippen molar-refractivity contribution < 1.29 is 9.53 Å². The Kier molecular flexibility index (Phi) is 4.38. The molecule has 0 unspecified atom stereocenters. The van der Waals surface area contributed by atoms with Crippen molar-refractivity contribution in [1.29, 1.82) is 0 Å². The lowest BCUT2D eigenvalue weighted by Gasteiger charge is -2.23. The molecule has 2 rings (SSSR count). The second-order valence-corrected chi connectivity index (χ2v) is 4.19. The maximum atomic E-state index is 11.6. The van der Waals surface area contributed by atoms with Crippen LogP contribution in [0.3, 0.4) is 0 Å². The quantitative estimate of drug-likeness (QED) is 0.815. The number of carbonyl (C=O) groups excluding carboxylic acids is 1. The summed E-state index contributed by atoms with van der Waals surface area (Å²) >= 11 is 0. The Bertz CT molecular complexity index is 348. The van der Waals surface area contributed by atoms with E-state index < -0.39 is 0 Å². The van der Waals surface area contributed by atoms with Crippen molar-refractivity contribution in [2.45, 2.75) is 18.9 Å². The summed E-state index contributed by atoms with van der Waals surface area (Å²) in [7, 11) is 0. The van der Waals surface area contributed by atoms with Crippen LogP contribution in [0.25, 0.3) is 0 Å². The van der Waals surface area contributed by atoms with E-state index in [2.05, 4.69) is 10.6 Å². The number of nitrogens with one attached hydrogen (secondary N) is 2. The first-order chi connectivity index (χ1) is 8.34. The predicted octanol–water partition coefficient (Wildman–Crippen LogP) is 0.934. The van der Waals surface area contributed by atoms with Gasteiger partial charge in [0.1, 0.15) is 5.75 Å². The van der Waals surface area contributed by atoms with Crippen molar-refractivity contribution in [1.82, 2.24) is 10.6 Å². The van der Waals surface area contributed by atoms with Gasteiger partial charge >= 0.3 is 0 Å². The first-order valence-electron chi connectivity index (χ1n) is 6.02. The lowest BCUT2D eigenvalue weighted by Crippen LogP contribution is -2.44. The van der Waals surface area contributed by atoms with Gasteiger partial charge in [-0.05, 0) is 38.1 Å². The molecule has 1 heterocycles. The van der Waals surface area contributed by atoms with E-state index in [9.17, 15) is 4.79 Å². The molecule has 1 amide bonds. The zero-order valence-corrected chi connectivity index (χ0v) is 9.82. The third kappa shape index (κ3) is 4.07. The minimum absolute atomic E-state index is 0.0410. The predicted molar refractivity (Wildman–Crippen MR) is 66.0 cm³/mol. The molecule has 1 aromatic carbocycles. The highest BCUT2D eigenvalue weighted by molar-refractivity contribution is 5.77. The zero-order chi connectivity index (χ0) is 11.9. The highest BCUT2D eigenvalue weighted by atomic mass is 16.5. The first-order valence-corrected chi connectivity index (χ1v) is 6.02. The summed E-state index contributed by atoms with van der Waals surface area (Å²) in [5.41, 5.74) is 0. The molecule has 0 spiro atoms. The van der Waals surface area contributed by atoms with E-state index in [-0.39, 0.29) is 12.5 Å². The van der Waals surface area contributed by atoms with Crippen LogP contribution < -0.4 is 15.4 Å². The van der Waals surface area contributed by atoms with Crippen molar-refractivity contribution >= 4 is 5.91 Å². The van der Waals surface area contributed by atoms with Crippen molar-refractivity contribution in [2.75, 3.05) is 19.7 Å². The molecular weight excluding hydrogens is 216 g/mol. The molecular formula is C13H18N2O2. The van der Waals surface area contributed by atoms with Crippen LogP contribution in [-0.2, 0) is 4.79 Å². The van der Waals surface area contributed by atoms with Crippen molar-refractivity contribution in [3.63, 3.8) is 0 Å². The third-order valence-corrected chi connectivity index (χ3v) is 2.82. The van der Waals surface area contributed by atoms with Crippen LogP contribution in [-0.4, -0.2) is 31.6 Å². The van der Waals surface area contributed by atoms with Crippen LogP contribution >= 0.6 is 0 Å². The van der Waals surface area contributed by atoms with Gasteiger partial charge in [0.05, 0.1) is 0 Å². The SMILES string of the molecule is O=C(COc1ccccc1)NC1CCNCC1. The highest BCUT2D eigenvalue weighted by Gasteiger charge is 2.15. The van der Waals surface area contributed by atoms with Gasteiger partial charge in [0, 0.05) is 6.04 Å². The fourth-order valence-electron chi connectivity index (χ4n) is 1.90. The molecule has 1 aliphatic heterocycles. The molecule has 0 aromatic heterocycles. The van der Waals surface area contributed by atoms with Crippen molar-refractivity contribution in [3.05, 3.63) is 30.3 Å². The summed E-state index contributed by atoms with van der Waals surface area (Å²) in [6, 6.07) is 9.68. The molecule has 17 heavy (non-hydrogen) atoms. The number of hydrogen-bond donors (Lipinski definition) is 2. The van der Waals surface area contributed by atoms with Crippen LogP contribution in [0.5, 0.6) is 5.75 Å². The second-order valence-electron chi connectivity index (χ2n) is 4.19. The van der Waals surface area contributed by atoms with Gasteiger partial charge in [-0.25, -0.2) is 0 Å². The van der Waals surface area contributed by atoms with E-state index in [0.717, 1.165) is 31.7 Å². The summed E-state index contributed by atoms with van der Waals surface area (Å²) in [6.45, 7) is 2.04. The Morgan fingerprint density at radius 1 is 1.29 bits per heavy atom. The third-order valence-electron chi connectivity index (χ3n) is 2.82. The Morgan fingerprint density at radius 2 is 2.00 bits per heavy atom. The van der Waals surface area contributed by atoms with Gasteiger partial charge in [0.25, 0.3) is 5.91 Å². The van der Waals surface area contributed by atoms with Crippen LogP contribution in [0.4, 0.5) is 0 Å². The largest absolute Gasteiger partial charge is 0.484 e. The number of para-hydroxylation sites is 1. The minimum atomic E-state index is -0.0410. The Morgan fingerprint density at radius 3 is 2.71 bits per heavy atom. The number of amides is 1. The van der Waals surface area contributed by atoms with Crippen LogP contribution in [0.15, 0.2) is 30.3 Å². The monoisotopic (exact) mass is 234 g/mol. The Labute approximate surface area is 101 Å². The van der Waals surface area contributed by atoms with Gasteiger partial charge < -0.3 is 15.4 Å². The molecule has 92 valence electrons. The first kappa shape index (κ1) is 11.9. The van der Waals surface area contributed by atoms with Gasteiger partial charge in [0.2, 0.25) is 0 Å². The molecule has 1 aliphatic rings. The average Bonchev–Trinajstić information content (AvgIpc) is 2.39. The minimum Gasteiger partial charge on any atom is -0.484 e. The zero-order valence-electron chi connectivity index (χ0n) is 9.82. The smallest absolute Gasteiger partial charge is 0.258 e. The second kappa shape index (κ2) is 6.25. The molecule has 0 radical (unpaired) electrons. The number of rotatable bonds is 4. The maximum absolute atomic E-state index is 11.6. The van der Waals surface area contributed by atoms with Gasteiger partial charge in [-0.15, -0.1) is 0 Å². The Balaban J connectivity index is 1.70. The van der Waals surface area contributed by atoms with Crippen LogP contribution in [0.2, 0.25) is 0 Å². The van der Waals surface area contributed by atoms with Crippen LogP contribution in [0.1, 0.15) is 12.8 Å². The molecule has 0 aliphatic carbocycles. The lowest BCUT2D eigenvalue weighted by molar-refractivity contribution is -0.123. The van der Waals surface area contributed by atoms with E-state index in [1.54, 1.807) is 0 Å². The van der Waals surface area contributed by atoms with E-state index in [1.807, 2.05) is 30.3 Å². The van der Waals surface area contributed by atoms with Gasteiger partial charge in [-0.2, -0.15) is 0 Å². The molecule has 0 saturated carbocycles. The van der Waals surface area contributed by atoms with Crippen molar-refractivity contribution in [3.8, 4) is 5.75 Å². The topological polar surface area (TPSA) is 50.4 Å². The fourth-order valence-corrected chi connectivity index (χ4v) is 1.90. The maximum Gasteiger partial charge on any atom is 0.258 e. The Hall–Kier alpha value is -1.55. The number of carbonyl (C=O) groups is 1. The number of ether oxygens (including phenoxy) is 1. The molecule has 0 atom stereocenters. The molecule has 4 nitrogen and oxygen atoms in total. The molecule has 1 fully saturated rings. The lowest BCUT2D eigenvalue weighted by atomic mass is 10.1.